The standard InChI is InChI=1S/C17H25N10O4P/c1-10(3-26-7-24-12-14(18)20-5-22-16(12)26)30-9-32(28,29)31-11(2)4-27-8-25-13-15(19)21-6-23-17(13)27/h5-8,10-11,13,17H,3-4,9H2,1-2H3,(H,28,29)(H2,18,20,22)(H2,19,21,23)/t10-,11-,13?,17?/m1/s1. The number of fused-ring (bicyclic) bond motifs is 2. The molecule has 2 aromatic rings. The van der Waals surface area contributed by atoms with Crippen molar-refractivity contribution in [3.63, 3.8) is 0 Å². The van der Waals surface area contributed by atoms with E-state index in [9.17, 15) is 9.46 Å². The van der Waals surface area contributed by atoms with E-state index in [1.165, 1.54) is 12.7 Å². The molecule has 172 valence electrons. The highest BCUT2D eigenvalue weighted by atomic mass is 31.2. The van der Waals surface area contributed by atoms with Crippen LogP contribution in [0.4, 0.5) is 5.82 Å². The summed E-state index contributed by atoms with van der Waals surface area (Å²) < 4.78 is 25.2. The Balaban J connectivity index is 1.27. The number of ether oxygens (including phenoxy) is 1. The van der Waals surface area contributed by atoms with Crippen molar-refractivity contribution in [2.24, 2.45) is 20.7 Å². The number of hydrogen-bond acceptors (Lipinski definition) is 12. The first kappa shape index (κ1) is 22.3. The number of nitrogen functional groups attached to an aromatic ring is 1. The van der Waals surface area contributed by atoms with Gasteiger partial charge in [0.1, 0.15) is 36.4 Å². The lowest BCUT2D eigenvalue weighted by Crippen LogP contribution is -2.45. The van der Waals surface area contributed by atoms with Crippen molar-refractivity contribution in [1.82, 2.24) is 24.4 Å². The van der Waals surface area contributed by atoms with E-state index in [1.54, 1.807) is 36.0 Å². The summed E-state index contributed by atoms with van der Waals surface area (Å²) in [6.07, 6.45) is 4.15. The SMILES string of the molecule is C[C@H](Cn1cnc2c(N)ncnc21)OCP(=O)(O)O[C@H](C)CN1C=NC2C(N)=NC=NC21. The lowest BCUT2D eigenvalue weighted by atomic mass is 10.2. The van der Waals surface area contributed by atoms with Crippen molar-refractivity contribution in [1.29, 1.82) is 0 Å². The summed E-state index contributed by atoms with van der Waals surface area (Å²) in [5.41, 5.74) is 12.7. The van der Waals surface area contributed by atoms with Crippen molar-refractivity contribution in [3.8, 4) is 0 Å². The fraction of sp³-hybridized carbons (Fsp3) is 0.529. The van der Waals surface area contributed by atoms with Gasteiger partial charge < -0.3 is 35.1 Å². The molecule has 0 radical (unpaired) electrons. The van der Waals surface area contributed by atoms with Gasteiger partial charge in [-0.2, -0.15) is 0 Å². The van der Waals surface area contributed by atoms with Gasteiger partial charge in [0.25, 0.3) is 0 Å². The van der Waals surface area contributed by atoms with Crippen LogP contribution in [0.5, 0.6) is 0 Å². The lowest BCUT2D eigenvalue weighted by molar-refractivity contribution is 0.0635. The summed E-state index contributed by atoms with van der Waals surface area (Å²) >= 11 is 0. The Bertz CT molecular complexity index is 1120. The third-order valence-corrected chi connectivity index (χ3v) is 6.11. The molecule has 32 heavy (non-hydrogen) atoms. The summed E-state index contributed by atoms with van der Waals surface area (Å²) in [5.74, 6) is 0.667. The number of amidine groups is 1. The van der Waals surface area contributed by atoms with Crippen LogP contribution in [0.1, 0.15) is 13.8 Å². The molecule has 2 aliphatic heterocycles. The molecule has 0 bridgehead atoms. The summed E-state index contributed by atoms with van der Waals surface area (Å²) in [6.45, 7) is 4.13. The van der Waals surface area contributed by atoms with Crippen LogP contribution >= 0.6 is 7.60 Å². The second kappa shape index (κ2) is 8.90. The van der Waals surface area contributed by atoms with Crippen LogP contribution in [-0.4, -0.2) is 85.1 Å². The predicted molar refractivity (Wildman–Crippen MR) is 118 cm³/mol. The van der Waals surface area contributed by atoms with Gasteiger partial charge in [0.15, 0.2) is 17.6 Å². The normalized spacial score (nSPS) is 23.7. The Morgan fingerprint density at radius 2 is 2.00 bits per heavy atom. The molecule has 5 atom stereocenters. The van der Waals surface area contributed by atoms with E-state index in [-0.39, 0.29) is 18.0 Å². The summed E-state index contributed by atoms with van der Waals surface area (Å²) in [5, 5.41) is 0. The molecule has 4 rings (SSSR count). The zero-order chi connectivity index (χ0) is 22.9. The number of anilines is 1. The highest BCUT2D eigenvalue weighted by molar-refractivity contribution is 7.52. The highest BCUT2D eigenvalue weighted by Gasteiger charge is 2.36. The average Bonchev–Trinajstić information content (AvgIpc) is 3.33. The first-order valence-corrected chi connectivity index (χ1v) is 11.7. The van der Waals surface area contributed by atoms with Gasteiger partial charge in [-0.05, 0) is 13.8 Å². The minimum absolute atomic E-state index is 0.285. The lowest BCUT2D eigenvalue weighted by Gasteiger charge is -2.28. The maximum atomic E-state index is 12.5. The Morgan fingerprint density at radius 1 is 1.19 bits per heavy atom. The Hall–Kier alpha value is -2.93. The zero-order valence-corrected chi connectivity index (χ0v) is 18.5. The fourth-order valence-electron chi connectivity index (χ4n) is 3.51. The molecule has 0 fully saturated rings. The molecule has 14 nitrogen and oxygen atoms in total. The second-order valence-electron chi connectivity index (χ2n) is 7.63. The molecule has 5 N–H and O–H groups in total. The van der Waals surface area contributed by atoms with Crippen LogP contribution in [-0.2, 0) is 20.4 Å². The molecule has 0 aliphatic carbocycles. The van der Waals surface area contributed by atoms with Crippen LogP contribution in [0.25, 0.3) is 11.2 Å². The van der Waals surface area contributed by atoms with Gasteiger partial charge >= 0.3 is 7.60 Å². The Morgan fingerprint density at radius 3 is 2.81 bits per heavy atom. The maximum absolute atomic E-state index is 12.5. The summed E-state index contributed by atoms with van der Waals surface area (Å²) in [7, 11) is -4.00. The largest absolute Gasteiger partial charge is 0.385 e. The maximum Gasteiger partial charge on any atom is 0.353 e. The Labute approximate surface area is 183 Å². The summed E-state index contributed by atoms with van der Waals surface area (Å²) in [6, 6.07) is -0.350. The van der Waals surface area contributed by atoms with Crippen molar-refractivity contribution >= 4 is 43.1 Å². The minimum Gasteiger partial charge on any atom is -0.385 e. The van der Waals surface area contributed by atoms with Gasteiger partial charge in [0, 0.05) is 6.54 Å². The van der Waals surface area contributed by atoms with E-state index in [4.69, 9.17) is 20.7 Å². The van der Waals surface area contributed by atoms with Crippen LogP contribution in [0.15, 0.2) is 27.6 Å². The van der Waals surface area contributed by atoms with E-state index in [1.807, 2.05) is 0 Å². The number of nitrogens with zero attached hydrogens (tertiary/aromatic N) is 8. The highest BCUT2D eigenvalue weighted by Crippen LogP contribution is 2.43. The molecule has 0 aromatic carbocycles. The molecule has 2 aromatic heterocycles. The number of aliphatic imine (C=N–C) groups is 3. The first-order chi connectivity index (χ1) is 15.2. The Kier molecular flexibility index (Phi) is 6.20. The fourth-order valence-corrected chi connectivity index (χ4v) is 4.64. The van der Waals surface area contributed by atoms with E-state index >= 15 is 0 Å². The molecule has 0 spiro atoms. The first-order valence-electron chi connectivity index (χ1n) is 9.90. The zero-order valence-electron chi connectivity index (χ0n) is 17.6. The van der Waals surface area contributed by atoms with Gasteiger partial charge in [-0.15, -0.1) is 0 Å². The quantitative estimate of drug-likeness (QED) is 0.419. The third-order valence-electron chi connectivity index (χ3n) is 4.95. The molecular formula is C17H25N10O4P. The van der Waals surface area contributed by atoms with Gasteiger partial charge in [-0.1, -0.05) is 0 Å². The third kappa shape index (κ3) is 4.78. The molecule has 0 amide bonds. The van der Waals surface area contributed by atoms with Gasteiger partial charge in [0.05, 0.1) is 31.4 Å². The van der Waals surface area contributed by atoms with Crippen LogP contribution in [0.3, 0.4) is 0 Å². The van der Waals surface area contributed by atoms with Gasteiger partial charge in [-0.25, -0.2) is 24.9 Å². The second-order valence-corrected chi connectivity index (χ2v) is 9.37. The monoisotopic (exact) mass is 464 g/mol. The minimum atomic E-state index is -4.00. The topological polar surface area (TPSA) is 192 Å². The molecule has 2 aliphatic rings. The number of hydrogen-bond donors (Lipinski definition) is 3. The molecule has 0 saturated heterocycles. The number of aromatic nitrogens is 4. The smallest absolute Gasteiger partial charge is 0.353 e. The van der Waals surface area contributed by atoms with E-state index < -0.39 is 26.2 Å². The van der Waals surface area contributed by atoms with E-state index in [0.29, 0.717) is 30.1 Å². The van der Waals surface area contributed by atoms with E-state index in [0.717, 1.165) is 0 Å². The molecule has 0 saturated carbocycles. The van der Waals surface area contributed by atoms with Crippen molar-refractivity contribution in [2.45, 2.75) is 44.8 Å². The van der Waals surface area contributed by atoms with Crippen LogP contribution < -0.4 is 11.5 Å². The van der Waals surface area contributed by atoms with Crippen molar-refractivity contribution in [2.75, 3.05) is 18.6 Å². The number of rotatable bonds is 9. The predicted octanol–water partition coefficient (Wildman–Crippen LogP) is -0.201. The van der Waals surface area contributed by atoms with Crippen molar-refractivity contribution in [3.05, 3.63) is 12.7 Å². The average molecular weight is 464 g/mol. The summed E-state index contributed by atoms with van der Waals surface area (Å²) in [4.78, 5) is 36.8. The van der Waals surface area contributed by atoms with Gasteiger partial charge in [-0.3, -0.25) is 9.56 Å². The van der Waals surface area contributed by atoms with E-state index in [2.05, 4.69) is 29.9 Å². The molecular weight excluding hydrogens is 439 g/mol. The molecule has 4 heterocycles. The number of nitrogens with two attached hydrogens (primary N) is 2. The molecule has 15 heteroatoms. The number of imidazole rings is 1. The van der Waals surface area contributed by atoms with Crippen LogP contribution in [0, 0.1) is 0 Å². The van der Waals surface area contributed by atoms with Gasteiger partial charge in [0.2, 0.25) is 0 Å². The van der Waals surface area contributed by atoms with Crippen molar-refractivity contribution < 1.29 is 18.7 Å². The van der Waals surface area contributed by atoms with Crippen LogP contribution in [0.2, 0.25) is 0 Å². The molecule has 3 unspecified atom stereocenters.